The number of nitrogens with zero attached hydrogens (tertiary/aromatic N) is 2. The molecule has 0 saturated heterocycles. The zero-order valence-corrected chi connectivity index (χ0v) is 14.3. The maximum absolute atomic E-state index is 11.3. The summed E-state index contributed by atoms with van der Waals surface area (Å²) in [7, 11) is 0. The second-order valence-corrected chi connectivity index (χ2v) is 5.79. The Morgan fingerprint density at radius 2 is 2.00 bits per heavy atom. The van der Waals surface area contributed by atoms with E-state index < -0.39 is 4.92 Å². The highest BCUT2D eigenvalue weighted by molar-refractivity contribution is 6.32. The van der Waals surface area contributed by atoms with E-state index in [0.717, 1.165) is 24.9 Å². The van der Waals surface area contributed by atoms with E-state index in [1.165, 1.54) is 6.07 Å². The van der Waals surface area contributed by atoms with Crippen LogP contribution in [0, 0.1) is 21.4 Å². The fourth-order valence-electron chi connectivity index (χ4n) is 2.23. The molecule has 0 fully saturated rings. The lowest BCUT2D eigenvalue weighted by Gasteiger charge is -2.09. The minimum atomic E-state index is -0.470. The van der Waals surface area contributed by atoms with Gasteiger partial charge in [0.2, 0.25) is 5.75 Å². The van der Waals surface area contributed by atoms with Gasteiger partial charge < -0.3 is 10.1 Å². The molecule has 25 heavy (non-hydrogen) atoms. The van der Waals surface area contributed by atoms with Crippen molar-refractivity contribution in [1.29, 1.82) is 5.26 Å². The summed E-state index contributed by atoms with van der Waals surface area (Å²) < 4.78 is 5.60. The molecule has 0 aliphatic rings. The third-order valence-corrected chi connectivity index (χ3v) is 3.81. The quantitative estimate of drug-likeness (QED) is 0.393. The Kier molecular flexibility index (Phi) is 7.20. The monoisotopic (exact) mass is 359 g/mol. The third kappa shape index (κ3) is 5.75. The number of halogens is 1. The molecule has 0 aromatic heterocycles. The van der Waals surface area contributed by atoms with Crippen LogP contribution in [0.3, 0.4) is 0 Å². The Morgan fingerprint density at radius 3 is 2.72 bits per heavy atom. The number of hydrogen-bond acceptors (Lipinski definition) is 5. The summed E-state index contributed by atoms with van der Waals surface area (Å²) in [6.07, 6.45) is 2.28. The zero-order valence-electron chi connectivity index (χ0n) is 13.6. The molecule has 130 valence electrons. The lowest BCUT2D eigenvalue weighted by atomic mass is 10.1. The van der Waals surface area contributed by atoms with E-state index in [4.69, 9.17) is 21.6 Å². The Hall–Kier alpha value is -2.62. The number of nitriles is 1. The summed E-state index contributed by atoms with van der Waals surface area (Å²) in [6.45, 7) is 1.27. The van der Waals surface area contributed by atoms with Gasteiger partial charge in [0.05, 0.1) is 16.0 Å². The van der Waals surface area contributed by atoms with E-state index in [2.05, 4.69) is 11.4 Å². The fourth-order valence-corrected chi connectivity index (χ4v) is 2.41. The van der Waals surface area contributed by atoms with Crippen molar-refractivity contribution in [3.63, 3.8) is 0 Å². The number of hydrogen-bond donors (Lipinski definition) is 1. The van der Waals surface area contributed by atoms with Crippen LogP contribution < -0.4 is 10.1 Å². The van der Waals surface area contributed by atoms with Crippen LogP contribution in [0.15, 0.2) is 42.5 Å². The molecule has 0 unspecified atom stereocenters. The summed E-state index contributed by atoms with van der Waals surface area (Å²) in [5.74, 6) is 0.520. The zero-order chi connectivity index (χ0) is 18.1. The molecular weight excluding hydrogens is 342 g/mol. The molecule has 0 amide bonds. The maximum Gasteiger partial charge on any atom is 0.311 e. The number of ether oxygens (including phenoxy) is 1. The first-order valence-electron chi connectivity index (χ1n) is 7.89. The van der Waals surface area contributed by atoms with Crippen molar-refractivity contribution in [2.75, 3.05) is 6.54 Å². The van der Waals surface area contributed by atoms with E-state index in [0.29, 0.717) is 23.7 Å². The number of nitro groups is 1. The van der Waals surface area contributed by atoms with Gasteiger partial charge in [-0.15, -0.1) is 0 Å². The number of para-hydroxylation sites is 1. The predicted octanol–water partition coefficient (Wildman–Crippen LogP) is 4.82. The lowest BCUT2D eigenvalue weighted by molar-refractivity contribution is -0.385. The summed E-state index contributed by atoms with van der Waals surface area (Å²) in [5.41, 5.74) is 0.683. The van der Waals surface area contributed by atoms with Gasteiger partial charge in [-0.2, -0.15) is 5.26 Å². The van der Waals surface area contributed by atoms with Crippen LogP contribution in [0.25, 0.3) is 0 Å². The maximum atomic E-state index is 11.3. The van der Waals surface area contributed by atoms with Gasteiger partial charge in [0, 0.05) is 19.0 Å². The molecule has 0 bridgehead atoms. The van der Waals surface area contributed by atoms with Crippen LogP contribution in [0.1, 0.15) is 24.8 Å². The molecule has 7 heteroatoms. The molecule has 6 nitrogen and oxygen atoms in total. The van der Waals surface area contributed by atoms with Crippen molar-refractivity contribution in [2.24, 2.45) is 0 Å². The van der Waals surface area contributed by atoms with Gasteiger partial charge in [0.1, 0.15) is 5.75 Å². The van der Waals surface area contributed by atoms with E-state index in [1.54, 1.807) is 36.4 Å². The minimum Gasteiger partial charge on any atom is -0.449 e. The van der Waals surface area contributed by atoms with Gasteiger partial charge in [0.25, 0.3) is 0 Å². The van der Waals surface area contributed by atoms with Crippen molar-refractivity contribution >= 4 is 17.3 Å². The first-order valence-corrected chi connectivity index (χ1v) is 8.27. The minimum absolute atomic E-state index is 0.108. The van der Waals surface area contributed by atoms with Gasteiger partial charge in [-0.1, -0.05) is 29.8 Å². The number of nitrogens with one attached hydrogen (secondary N) is 1. The second-order valence-electron chi connectivity index (χ2n) is 5.38. The molecule has 0 aliphatic heterocycles. The lowest BCUT2D eigenvalue weighted by Crippen LogP contribution is -2.14. The van der Waals surface area contributed by atoms with Crippen molar-refractivity contribution in [1.82, 2.24) is 5.32 Å². The van der Waals surface area contributed by atoms with Crippen LogP contribution >= 0.6 is 11.6 Å². The highest BCUT2D eigenvalue weighted by atomic mass is 35.5. The van der Waals surface area contributed by atoms with Gasteiger partial charge in [-0.05, 0) is 43.1 Å². The van der Waals surface area contributed by atoms with E-state index >= 15 is 0 Å². The van der Waals surface area contributed by atoms with Crippen LogP contribution in [0.4, 0.5) is 5.69 Å². The smallest absolute Gasteiger partial charge is 0.311 e. The summed E-state index contributed by atoms with van der Waals surface area (Å²) in [5, 5.41) is 23.4. The molecule has 0 atom stereocenters. The molecule has 0 radical (unpaired) electrons. The number of benzene rings is 2. The standard InChI is InChI=1S/C18H18ClN3O3/c19-15-6-2-3-7-17(15)25-18-9-8-14(12-16(18)22(23)24)13-21-11-5-1-4-10-20/h2-3,6-9,12,21H,1,4-5,11,13H2. The van der Waals surface area contributed by atoms with Crippen molar-refractivity contribution in [3.05, 3.63) is 63.2 Å². The molecule has 2 aromatic carbocycles. The number of unbranched alkanes of at least 4 members (excludes halogenated alkanes) is 2. The number of rotatable bonds is 9. The molecule has 0 saturated carbocycles. The predicted molar refractivity (Wildman–Crippen MR) is 95.8 cm³/mol. The van der Waals surface area contributed by atoms with Crippen LogP contribution in [-0.4, -0.2) is 11.5 Å². The number of nitro benzene ring substituents is 1. The Bertz CT molecular complexity index is 774. The average Bonchev–Trinajstić information content (AvgIpc) is 2.60. The molecule has 0 spiro atoms. The first-order chi connectivity index (χ1) is 12.1. The third-order valence-electron chi connectivity index (χ3n) is 3.50. The first kappa shape index (κ1) is 18.7. The molecule has 0 heterocycles. The summed E-state index contributed by atoms with van der Waals surface area (Å²) >= 11 is 6.03. The highest BCUT2D eigenvalue weighted by Crippen LogP contribution is 2.35. The summed E-state index contributed by atoms with van der Waals surface area (Å²) in [6, 6.07) is 13.8. The van der Waals surface area contributed by atoms with Gasteiger partial charge >= 0.3 is 5.69 Å². The van der Waals surface area contributed by atoms with Gasteiger partial charge in [-0.3, -0.25) is 10.1 Å². The van der Waals surface area contributed by atoms with Gasteiger partial charge in [-0.25, -0.2) is 0 Å². The normalized spacial score (nSPS) is 10.2. The van der Waals surface area contributed by atoms with Crippen LogP contribution in [-0.2, 0) is 6.54 Å². The molecule has 0 aliphatic carbocycles. The second kappa shape index (κ2) is 9.62. The molecule has 2 aromatic rings. The van der Waals surface area contributed by atoms with Crippen molar-refractivity contribution in [2.45, 2.75) is 25.8 Å². The largest absolute Gasteiger partial charge is 0.449 e. The van der Waals surface area contributed by atoms with E-state index in [1.807, 2.05) is 0 Å². The summed E-state index contributed by atoms with van der Waals surface area (Å²) in [4.78, 5) is 10.9. The average molecular weight is 360 g/mol. The van der Waals surface area contributed by atoms with Crippen molar-refractivity contribution < 1.29 is 9.66 Å². The van der Waals surface area contributed by atoms with Gasteiger partial charge in [0.15, 0.2) is 0 Å². The Labute approximate surface area is 151 Å². The van der Waals surface area contributed by atoms with E-state index in [9.17, 15) is 10.1 Å². The van der Waals surface area contributed by atoms with Crippen LogP contribution in [0.5, 0.6) is 11.5 Å². The Morgan fingerprint density at radius 1 is 1.20 bits per heavy atom. The Balaban J connectivity index is 2.04. The van der Waals surface area contributed by atoms with Crippen LogP contribution in [0.2, 0.25) is 5.02 Å². The molecule has 1 N–H and O–H groups in total. The highest BCUT2D eigenvalue weighted by Gasteiger charge is 2.17. The molecule has 2 rings (SSSR count). The van der Waals surface area contributed by atoms with E-state index in [-0.39, 0.29) is 11.4 Å². The topological polar surface area (TPSA) is 88.2 Å². The van der Waals surface area contributed by atoms with Crippen molar-refractivity contribution in [3.8, 4) is 17.6 Å². The fraction of sp³-hybridized carbons (Fsp3) is 0.278. The molecular formula is C18H18ClN3O3. The SMILES string of the molecule is N#CCCCCNCc1ccc(Oc2ccccc2Cl)c([N+](=O)[O-])c1.